The van der Waals surface area contributed by atoms with E-state index >= 15 is 0 Å². The van der Waals surface area contributed by atoms with Gasteiger partial charge in [-0.2, -0.15) is 0 Å². The van der Waals surface area contributed by atoms with Crippen molar-refractivity contribution in [1.29, 1.82) is 0 Å². The van der Waals surface area contributed by atoms with Crippen LogP contribution in [0.2, 0.25) is 0 Å². The van der Waals surface area contributed by atoms with Crippen molar-refractivity contribution in [1.82, 2.24) is 10.2 Å². The lowest BCUT2D eigenvalue weighted by atomic mass is 9.95. The van der Waals surface area contributed by atoms with Gasteiger partial charge in [0.1, 0.15) is 6.04 Å². The fourth-order valence-electron chi connectivity index (χ4n) is 4.17. The van der Waals surface area contributed by atoms with Crippen molar-refractivity contribution in [3.05, 3.63) is 65.7 Å². The molecular weight excluding hydrogens is 416 g/mol. The number of aryl methyl sites for hydroxylation is 1. The van der Waals surface area contributed by atoms with Crippen molar-refractivity contribution in [3.63, 3.8) is 0 Å². The Labute approximate surface area is 197 Å². The monoisotopic (exact) mass is 452 g/mol. The van der Waals surface area contributed by atoms with Gasteiger partial charge in [0.2, 0.25) is 11.8 Å². The summed E-state index contributed by atoms with van der Waals surface area (Å²) in [4.78, 5) is 29.1. The second kappa shape index (κ2) is 12.7. The molecule has 3 rings (SSSR count). The van der Waals surface area contributed by atoms with Crippen molar-refractivity contribution < 1.29 is 9.59 Å². The number of carbonyl (C=O) groups is 2. The highest BCUT2D eigenvalue weighted by atomic mass is 32.2. The summed E-state index contributed by atoms with van der Waals surface area (Å²) in [6.45, 7) is 4.49. The van der Waals surface area contributed by atoms with Gasteiger partial charge in [0.15, 0.2) is 0 Å². The molecule has 4 nitrogen and oxygen atoms in total. The smallest absolute Gasteiger partial charge is 0.242 e. The van der Waals surface area contributed by atoms with E-state index in [2.05, 4.69) is 48.6 Å². The van der Waals surface area contributed by atoms with Crippen molar-refractivity contribution >= 4 is 23.6 Å². The van der Waals surface area contributed by atoms with Crippen LogP contribution in [0, 0.1) is 6.92 Å². The van der Waals surface area contributed by atoms with Crippen LogP contribution in [0.15, 0.2) is 59.5 Å². The molecule has 0 bridgehead atoms. The van der Waals surface area contributed by atoms with E-state index in [1.165, 1.54) is 35.3 Å². The van der Waals surface area contributed by atoms with Crippen LogP contribution in [0.1, 0.15) is 56.6 Å². The molecule has 0 heterocycles. The zero-order valence-electron chi connectivity index (χ0n) is 19.4. The molecule has 0 saturated heterocycles. The Hall–Kier alpha value is -2.27. The highest BCUT2D eigenvalue weighted by Crippen LogP contribution is 2.21. The van der Waals surface area contributed by atoms with Crippen LogP contribution in [-0.4, -0.2) is 41.1 Å². The molecule has 0 spiro atoms. The molecular formula is C27H36N2O2S. The van der Waals surface area contributed by atoms with Crippen molar-refractivity contribution in [2.75, 3.05) is 12.3 Å². The first-order valence-electron chi connectivity index (χ1n) is 11.9. The van der Waals surface area contributed by atoms with Gasteiger partial charge in [-0.15, -0.1) is 11.8 Å². The number of amides is 2. The van der Waals surface area contributed by atoms with E-state index in [0.29, 0.717) is 18.7 Å². The minimum atomic E-state index is -0.461. The molecule has 1 aliphatic rings. The number of nitrogens with one attached hydrogen (secondary N) is 1. The van der Waals surface area contributed by atoms with Crippen LogP contribution in [-0.2, 0) is 16.0 Å². The highest BCUT2D eigenvalue weighted by Gasteiger charge is 2.27. The number of thioether (sulfide) groups is 1. The average molecular weight is 453 g/mol. The van der Waals surface area contributed by atoms with Gasteiger partial charge in [-0.25, -0.2) is 0 Å². The number of carbonyl (C=O) groups excluding carboxylic acids is 2. The van der Waals surface area contributed by atoms with Gasteiger partial charge in [-0.1, -0.05) is 67.3 Å². The van der Waals surface area contributed by atoms with E-state index in [4.69, 9.17) is 0 Å². The zero-order valence-corrected chi connectivity index (χ0v) is 20.2. The summed E-state index contributed by atoms with van der Waals surface area (Å²) in [6.07, 6.45) is 6.86. The number of nitrogens with zero attached hydrogens (tertiary/aromatic N) is 1. The minimum absolute atomic E-state index is 0.0236. The third-order valence-electron chi connectivity index (χ3n) is 6.21. The molecule has 0 unspecified atom stereocenters. The Balaban J connectivity index is 1.59. The van der Waals surface area contributed by atoms with Crippen molar-refractivity contribution in [2.45, 2.75) is 75.8 Å². The van der Waals surface area contributed by atoms with Gasteiger partial charge in [-0.05, 0) is 50.8 Å². The quantitative estimate of drug-likeness (QED) is 0.492. The molecule has 32 heavy (non-hydrogen) atoms. The van der Waals surface area contributed by atoms with Crippen LogP contribution in [0.4, 0.5) is 0 Å². The number of hydrogen-bond donors (Lipinski definition) is 1. The van der Waals surface area contributed by atoms with Gasteiger partial charge in [-0.3, -0.25) is 9.59 Å². The van der Waals surface area contributed by atoms with Gasteiger partial charge in [0, 0.05) is 29.7 Å². The molecule has 1 fully saturated rings. The Bertz CT molecular complexity index is 848. The normalized spacial score (nSPS) is 15.2. The molecule has 2 aromatic rings. The molecule has 1 N–H and O–H groups in total. The third kappa shape index (κ3) is 7.70. The maximum atomic E-state index is 13.2. The highest BCUT2D eigenvalue weighted by molar-refractivity contribution is 7.99. The fraction of sp³-hybridized carbons (Fsp3) is 0.481. The molecule has 0 aliphatic heterocycles. The van der Waals surface area contributed by atoms with Crippen LogP contribution in [0.5, 0.6) is 0 Å². The lowest BCUT2D eigenvalue weighted by molar-refractivity contribution is -0.140. The standard InChI is InChI=1S/C27H36N2O2S/c1-21-13-15-25(16-14-21)32-20-18-26(30)29(19-17-23-9-5-3-6-10-23)22(2)27(31)28-24-11-7-4-8-12-24/h3,5-6,9-10,13-16,22,24H,4,7-8,11-12,17-20H2,1-2H3,(H,28,31)/t22-/m1/s1. The lowest BCUT2D eigenvalue weighted by Crippen LogP contribution is -2.51. The average Bonchev–Trinajstić information content (AvgIpc) is 2.81. The van der Waals surface area contributed by atoms with E-state index < -0.39 is 6.04 Å². The van der Waals surface area contributed by atoms with Crippen LogP contribution >= 0.6 is 11.8 Å². The molecule has 1 atom stereocenters. The Morgan fingerprint density at radius 1 is 1.03 bits per heavy atom. The third-order valence-corrected chi connectivity index (χ3v) is 7.22. The van der Waals surface area contributed by atoms with E-state index in [-0.39, 0.29) is 17.9 Å². The molecule has 2 aromatic carbocycles. The Morgan fingerprint density at radius 2 is 1.72 bits per heavy atom. The maximum Gasteiger partial charge on any atom is 0.242 e. The molecule has 0 aromatic heterocycles. The van der Waals surface area contributed by atoms with Crippen LogP contribution in [0.25, 0.3) is 0 Å². The van der Waals surface area contributed by atoms with Crippen LogP contribution in [0.3, 0.4) is 0 Å². The van der Waals surface area contributed by atoms with E-state index in [1.54, 1.807) is 16.7 Å². The van der Waals surface area contributed by atoms with E-state index in [1.807, 2.05) is 25.1 Å². The first-order valence-corrected chi connectivity index (χ1v) is 12.8. The predicted octanol–water partition coefficient (Wildman–Crippen LogP) is 5.39. The summed E-state index contributed by atoms with van der Waals surface area (Å²) in [5, 5.41) is 3.20. The van der Waals surface area contributed by atoms with Gasteiger partial charge in [0.25, 0.3) is 0 Å². The second-order valence-electron chi connectivity index (χ2n) is 8.75. The lowest BCUT2D eigenvalue weighted by Gasteiger charge is -2.31. The summed E-state index contributed by atoms with van der Waals surface area (Å²) in [5.41, 5.74) is 2.41. The number of rotatable bonds is 10. The SMILES string of the molecule is Cc1ccc(SCCC(=O)N(CCc2ccccc2)[C@H](C)C(=O)NC2CCCCC2)cc1. The van der Waals surface area contributed by atoms with Crippen LogP contribution < -0.4 is 5.32 Å². The van der Waals surface area contributed by atoms with Crippen molar-refractivity contribution in [2.24, 2.45) is 0 Å². The summed E-state index contributed by atoms with van der Waals surface area (Å²) >= 11 is 1.69. The largest absolute Gasteiger partial charge is 0.352 e. The summed E-state index contributed by atoms with van der Waals surface area (Å²) in [5.74, 6) is 0.733. The fourth-order valence-corrected chi connectivity index (χ4v) is 5.01. The summed E-state index contributed by atoms with van der Waals surface area (Å²) in [6, 6.07) is 18.3. The molecule has 1 saturated carbocycles. The van der Waals surface area contributed by atoms with Crippen molar-refractivity contribution in [3.8, 4) is 0 Å². The van der Waals surface area contributed by atoms with Gasteiger partial charge >= 0.3 is 0 Å². The summed E-state index contributed by atoms with van der Waals surface area (Å²) < 4.78 is 0. The topological polar surface area (TPSA) is 49.4 Å². The van der Waals surface area contributed by atoms with E-state index in [0.717, 1.165) is 19.3 Å². The molecule has 172 valence electrons. The molecule has 0 radical (unpaired) electrons. The Morgan fingerprint density at radius 3 is 2.41 bits per heavy atom. The molecule has 1 aliphatic carbocycles. The summed E-state index contributed by atoms with van der Waals surface area (Å²) in [7, 11) is 0. The number of benzene rings is 2. The second-order valence-corrected chi connectivity index (χ2v) is 9.92. The van der Waals surface area contributed by atoms with Gasteiger partial charge < -0.3 is 10.2 Å². The maximum absolute atomic E-state index is 13.2. The first-order chi connectivity index (χ1) is 15.5. The zero-order chi connectivity index (χ0) is 22.8. The minimum Gasteiger partial charge on any atom is -0.352 e. The Kier molecular flexibility index (Phi) is 9.66. The predicted molar refractivity (Wildman–Crippen MR) is 133 cm³/mol. The molecule has 2 amide bonds. The van der Waals surface area contributed by atoms with E-state index in [9.17, 15) is 9.59 Å². The molecule has 5 heteroatoms. The van der Waals surface area contributed by atoms with Gasteiger partial charge in [0.05, 0.1) is 0 Å². The first kappa shape index (κ1) is 24.4. The number of hydrogen-bond acceptors (Lipinski definition) is 3.